The molecule has 52 heavy (non-hydrogen) atoms. The van der Waals surface area contributed by atoms with Gasteiger partial charge in [0.05, 0.1) is 6.33 Å². The van der Waals surface area contributed by atoms with Crippen LogP contribution in [0.3, 0.4) is 0 Å². The molecule has 0 fully saturated rings. The lowest BCUT2D eigenvalue weighted by molar-refractivity contribution is 0.795. The molecule has 0 atom stereocenters. The van der Waals surface area contributed by atoms with Gasteiger partial charge in [0.1, 0.15) is 0 Å². The second kappa shape index (κ2) is 18.9. The van der Waals surface area contributed by atoms with Crippen molar-refractivity contribution in [1.29, 1.82) is 0 Å². The van der Waals surface area contributed by atoms with Crippen molar-refractivity contribution in [3.8, 4) is 0 Å². The Labute approximate surface area is 313 Å². The molecule has 0 saturated carbocycles. The van der Waals surface area contributed by atoms with Gasteiger partial charge in [-0.25, -0.2) is 4.98 Å². The van der Waals surface area contributed by atoms with Crippen LogP contribution >= 0.6 is 0 Å². The largest absolute Gasteiger partial charge is 0.339 e. The van der Waals surface area contributed by atoms with Gasteiger partial charge in [-0.1, -0.05) is 213 Å². The molecule has 260 valence electrons. The van der Waals surface area contributed by atoms with Crippen molar-refractivity contribution in [2.75, 3.05) is 0 Å². The highest BCUT2D eigenvalue weighted by Gasteiger charge is 2.40. The molecule has 0 N–H and O–H groups in total. The molecule has 1 heterocycles. The first-order valence-corrected chi connectivity index (χ1v) is 21.3. The third kappa shape index (κ3) is 9.18. The summed E-state index contributed by atoms with van der Waals surface area (Å²) < 4.78 is 2.27. The number of hydrogen-bond acceptors (Lipinski definition) is 1. The van der Waals surface area contributed by atoms with Gasteiger partial charge < -0.3 is 4.57 Å². The van der Waals surface area contributed by atoms with Crippen LogP contribution in [0.2, 0.25) is 0 Å². The highest BCUT2D eigenvalue weighted by molar-refractivity contribution is 7.10. The highest BCUT2D eigenvalue weighted by Crippen LogP contribution is 2.14. The van der Waals surface area contributed by atoms with Crippen LogP contribution in [0.1, 0.15) is 50.7 Å². The zero-order valence-corrected chi connectivity index (χ0v) is 31.8. The quantitative estimate of drug-likeness (QED) is 0.0853. The number of imidazole rings is 1. The predicted molar refractivity (Wildman–Crippen MR) is 227 cm³/mol. The van der Waals surface area contributed by atoms with Crippen LogP contribution in [-0.2, 0) is 19.0 Å². The van der Waals surface area contributed by atoms with E-state index in [-0.39, 0.29) is 0 Å². The smallest absolute Gasteiger partial charge is 0.241 e. The Morgan fingerprint density at radius 3 is 1.23 bits per heavy atom. The fraction of sp³-hybridized carbons (Fsp3) is 0.188. The first kappa shape index (κ1) is 36.6. The van der Waals surface area contributed by atoms with Crippen LogP contribution < -0.4 is 31.9 Å². The Kier molecular flexibility index (Phi) is 13.3. The predicted octanol–water partition coefficient (Wildman–Crippen LogP) is 7.48. The molecule has 0 aliphatic carbocycles. The first-order valence-electron chi connectivity index (χ1n) is 19.1. The van der Waals surface area contributed by atoms with Crippen LogP contribution in [-0.4, -0.2) is 24.3 Å². The van der Waals surface area contributed by atoms with Crippen molar-refractivity contribution in [2.45, 2.75) is 58.5 Å². The topological polar surface area (TPSA) is 17.8 Å². The molecule has 0 saturated heterocycles. The van der Waals surface area contributed by atoms with E-state index in [1.807, 2.05) is 12.5 Å². The molecule has 0 unspecified atom stereocenters. The minimum atomic E-state index is -2.31. The number of aromatic nitrogens is 2. The molecule has 6 aromatic carbocycles. The Morgan fingerprint density at radius 1 is 0.481 bits per heavy atom. The normalized spacial score (nSPS) is 11.0. The Bertz CT molecular complexity index is 1850. The zero-order valence-electron chi connectivity index (χ0n) is 30.8. The average molecular weight is 695 g/mol. The number of benzene rings is 6. The summed E-state index contributed by atoms with van der Waals surface area (Å²) in [6, 6.07) is 62.3. The van der Waals surface area contributed by atoms with E-state index in [1.165, 1.54) is 68.8 Å². The van der Waals surface area contributed by atoms with Crippen LogP contribution in [0.15, 0.2) is 189 Å². The van der Waals surface area contributed by atoms with Gasteiger partial charge in [0.25, 0.3) is 0 Å². The Balaban J connectivity index is 0.000000206. The maximum absolute atomic E-state index is 4.37. The van der Waals surface area contributed by atoms with E-state index in [1.54, 1.807) is 0 Å². The molecule has 0 aliphatic heterocycles. The lowest BCUT2D eigenvalue weighted by Gasteiger charge is -2.34. The maximum atomic E-state index is 4.37. The van der Waals surface area contributed by atoms with E-state index >= 15 is 0 Å². The van der Waals surface area contributed by atoms with Gasteiger partial charge in [0.15, 0.2) is 8.07 Å². The first-order chi connectivity index (χ1) is 25.7. The molecule has 4 heteroatoms. The van der Waals surface area contributed by atoms with Crippen LogP contribution in [0.25, 0.3) is 0 Å². The molecule has 0 spiro atoms. The van der Waals surface area contributed by atoms with Crippen molar-refractivity contribution in [3.05, 3.63) is 200 Å². The van der Waals surface area contributed by atoms with Crippen molar-refractivity contribution < 1.29 is 0 Å². The third-order valence-electron chi connectivity index (χ3n) is 10.2. The summed E-state index contributed by atoms with van der Waals surface area (Å²) in [5, 5.41) is 4.37. The van der Waals surface area contributed by atoms with Crippen molar-refractivity contribution in [2.24, 2.45) is 0 Å². The summed E-state index contributed by atoms with van der Waals surface area (Å²) in [4.78, 5) is 4.37. The lowest BCUT2D eigenvalue weighted by atomic mass is 9.37. The van der Waals surface area contributed by atoms with Gasteiger partial charge in [0.2, 0.25) is 6.71 Å². The molecule has 1 aromatic heterocycles. The van der Waals surface area contributed by atoms with Crippen molar-refractivity contribution in [3.63, 3.8) is 0 Å². The number of unbranched alkanes of at least 4 members (excludes halogenated alkanes) is 2. The molecular formula is C48H51BN2Si. The summed E-state index contributed by atoms with van der Waals surface area (Å²) in [5.41, 5.74) is 6.88. The summed E-state index contributed by atoms with van der Waals surface area (Å²) >= 11 is 0. The third-order valence-corrected chi connectivity index (χ3v) is 15.0. The van der Waals surface area contributed by atoms with Gasteiger partial charge in [0, 0.05) is 18.6 Å². The zero-order chi connectivity index (χ0) is 35.9. The number of hydrogen-bond donors (Lipinski definition) is 0. The van der Waals surface area contributed by atoms with Gasteiger partial charge in [-0.05, 0) is 52.4 Å². The van der Waals surface area contributed by atoms with Gasteiger partial charge in [-0.15, -0.1) is 0 Å². The minimum absolute atomic E-state index is 0.309. The van der Waals surface area contributed by atoms with Gasteiger partial charge >= 0.3 is 0 Å². The van der Waals surface area contributed by atoms with Crippen molar-refractivity contribution >= 4 is 46.7 Å². The molecule has 0 radical (unpaired) electrons. The van der Waals surface area contributed by atoms with Crippen molar-refractivity contribution in [1.82, 2.24) is 9.55 Å². The van der Waals surface area contributed by atoms with E-state index in [4.69, 9.17) is 0 Å². The Hall–Kier alpha value is -5.19. The van der Waals surface area contributed by atoms with E-state index in [0.717, 1.165) is 19.0 Å². The molecule has 2 nitrogen and oxygen atoms in total. The van der Waals surface area contributed by atoms with Crippen LogP contribution in [0.4, 0.5) is 0 Å². The van der Waals surface area contributed by atoms with E-state index in [9.17, 15) is 0 Å². The van der Waals surface area contributed by atoms with Crippen LogP contribution in [0, 0.1) is 0 Å². The Morgan fingerprint density at radius 2 is 0.865 bits per heavy atom. The van der Waals surface area contributed by atoms with E-state index in [0.29, 0.717) is 6.71 Å². The second-order valence-electron chi connectivity index (χ2n) is 13.8. The minimum Gasteiger partial charge on any atom is -0.339 e. The fourth-order valence-corrected chi connectivity index (χ4v) is 11.9. The molecule has 0 bridgehead atoms. The summed E-state index contributed by atoms with van der Waals surface area (Å²) in [5.74, 6) is 0. The molecule has 0 aliphatic rings. The summed E-state index contributed by atoms with van der Waals surface area (Å²) in [6.45, 7) is 4.83. The molecule has 7 aromatic rings. The summed E-state index contributed by atoms with van der Waals surface area (Å²) in [6.07, 6.45) is 14.2. The van der Waals surface area contributed by atoms with Gasteiger partial charge in [-0.3, -0.25) is 0 Å². The molecule has 7 rings (SSSR count). The van der Waals surface area contributed by atoms with E-state index in [2.05, 4.69) is 199 Å². The van der Waals surface area contributed by atoms with Gasteiger partial charge in [-0.2, -0.15) is 0 Å². The highest BCUT2D eigenvalue weighted by atomic mass is 28.3. The second-order valence-corrected chi connectivity index (χ2v) is 17.6. The average Bonchev–Trinajstić information content (AvgIpc) is 3.74. The lowest BCUT2D eigenvalue weighted by Crippen LogP contribution is -2.69. The number of nitrogens with zero attached hydrogens (tertiary/aromatic N) is 2. The monoisotopic (exact) mass is 694 g/mol. The molecular weight excluding hydrogens is 643 g/mol. The molecule has 0 amide bonds. The SMILES string of the molecule is CCCCc1ccc([Si](Cn2ccnc2)(c2ccccc2)c2ccc(CCCC)cc2)cc1.c1ccc(B(c2ccccc2)c2ccccc2)cc1. The fourth-order valence-electron chi connectivity index (χ4n) is 7.34. The number of aryl methyl sites for hydroxylation is 2. The maximum Gasteiger partial charge on any atom is 0.241 e. The standard InChI is InChI=1S/C30H36N2Si.C18H15B/c1-3-5-10-26-14-18-29(19-15-26)33(25-32-23-22-31-24-32,28-12-8-7-9-13-28)30-20-16-27(17-21-30)11-6-4-2;1-4-10-16(11-5-1)19(17-12-6-2-7-13-17)18-14-8-3-9-15-18/h7-9,12-24H,3-6,10-11,25H2,1-2H3;1-15H. The van der Waals surface area contributed by atoms with E-state index < -0.39 is 8.07 Å². The summed E-state index contributed by atoms with van der Waals surface area (Å²) in [7, 11) is -2.31. The number of rotatable bonds is 14. The van der Waals surface area contributed by atoms with Crippen LogP contribution in [0.5, 0.6) is 0 Å².